The highest BCUT2D eigenvalue weighted by atomic mass is 32.2. The summed E-state index contributed by atoms with van der Waals surface area (Å²) in [5, 5.41) is 24.0. The van der Waals surface area contributed by atoms with Crippen molar-refractivity contribution < 1.29 is 50.1 Å². The summed E-state index contributed by atoms with van der Waals surface area (Å²) < 4.78 is 86.3. The maximum Gasteiger partial charge on any atom is 0.412 e. The lowest BCUT2D eigenvalue weighted by Gasteiger charge is -2.23. The number of nitro groups is 2. The lowest BCUT2D eigenvalue weighted by atomic mass is 10.3. The number of nitrogens with zero attached hydrogens (tertiary/aromatic N) is 2. The number of hydrogen-bond donors (Lipinski definition) is 2. The summed E-state index contributed by atoms with van der Waals surface area (Å²) in [7, 11) is -9.23. The van der Waals surface area contributed by atoms with Crippen LogP contribution in [0.25, 0.3) is 0 Å². The third-order valence-corrected chi connectivity index (χ3v) is 7.45. The highest BCUT2D eigenvalue weighted by Gasteiger charge is 2.36. The number of sulfonamides is 1. The predicted octanol–water partition coefficient (Wildman–Crippen LogP) is 2.09. The van der Waals surface area contributed by atoms with E-state index >= 15 is 0 Å². The van der Waals surface area contributed by atoms with Gasteiger partial charge in [0.25, 0.3) is 18.9 Å². The lowest BCUT2D eigenvalue weighted by molar-refractivity contribution is -0.396. The van der Waals surface area contributed by atoms with E-state index in [1.165, 1.54) is 6.92 Å². The molecule has 1 rings (SSSR count). The molecule has 1 aromatic rings. The number of carbonyl (C=O) groups excluding carboxylic acids is 1. The standard InChI is InChI=1S/C15H20F3N4O10PS/c1-3-31-14(23)10(2)20-33(28,32-9-15(16,17)18)7-6-19-34(29,30)13-5-4-11(21(24)25)8-12(13)22(26)27/h4-5,8,10,19H,3,6-7,9H2,1-2H3,(H,20,28)/t10-,33?/m0/s1. The number of rotatable bonds is 13. The Labute approximate surface area is 190 Å². The average Bonchev–Trinajstić information content (AvgIpc) is 2.71. The van der Waals surface area contributed by atoms with Gasteiger partial charge in [0.05, 0.1) is 28.7 Å². The van der Waals surface area contributed by atoms with Gasteiger partial charge in [-0.25, -0.2) is 18.2 Å². The number of nitro benzene ring substituents is 2. The number of nitrogens with one attached hydrogen (secondary N) is 2. The first-order chi connectivity index (χ1) is 15.5. The minimum absolute atomic E-state index is 0.0770. The smallest absolute Gasteiger partial charge is 0.412 e. The first-order valence-electron chi connectivity index (χ1n) is 9.18. The van der Waals surface area contributed by atoms with Gasteiger partial charge in [-0.15, -0.1) is 0 Å². The molecule has 0 heterocycles. The number of carbonyl (C=O) groups is 1. The molecule has 0 spiro atoms. The van der Waals surface area contributed by atoms with Crippen LogP contribution in [0.3, 0.4) is 0 Å². The zero-order chi connectivity index (χ0) is 26.3. The van der Waals surface area contributed by atoms with Gasteiger partial charge in [-0.1, -0.05) is 0 Å². The molecule has 0 fully saturated rings. The molecular formula is C15H20F3N4O10PS. The van der Waals surface area contributed by atoms with Crippen molar-refractivity contribution in [2.75, 3.05) is 25.9 Å². The molecule has 0 saturated carbocycles. The van der Waals surface area contributed by atoms with Gasteiger partial charge in [0, 0.05) is 12.6 Å². The first kappa shape index (κ1) is 29.4. The van der Waals surface area contributed by atoms with Gasteiger partial charge in [0.2, 0.25) is 10.0 Å². The molecule has 0 aromatic heterocycles. The second-order valence-electron chi connectivity index (χ2n) is 6.45. The van der Waals surface area contributed by atoms with E-state index in [1.807, 2.05) is 4.72 Å². The average molecular weight is 536 g/mol. The van der Waals surface area contributed by atoms with Gasteiger partial charge in [-0.3, -0.25) is 29.6 Å². The predicted molar refractivity (Wildman–Crippen MR) is 109 cm³/mol. The van der Waals surface area contributed by atoms with Gasteiger partial charge in [0.15, 0.2) is 11.5 Å². The number of esters is 1. The molecule has 1 unspecified atom stereocenters. The molecule has 1 aromatic carbocycles. The number of hydrogen-bond acceptors (Lipinski definition) is 10. The van der Waals surface area contributed by atoms with Gasteiger partial charge in [-0.2, -0.15) is 13.2 Å². The van der Waals surface area contributed by atoms with Crippen molar-refractivity contribution in [3.63, 3.8) is 0 Å². The van der Waals surface area contributed by atoms with Crippen LogP contribution in [0.5, 0.6) is 0 Å². The second-order valence-corrected chi connectivity index (χ2v) is 10.5. The summed E-state index contributed by atoms with van der Waals surface area (Å²) in [4.78, 5) is 30.5. The van der Waals surface area contributed by atoms with Crippen molar-refractivity contribution >= 4 is 34.9 Å². The molecular weight excluding hydrogens is 516 g/mol. The summed E-state index contributed by atoms with van der Waals surface area (Å²) >= 11 is 0. The van der Waals surface area contributed by atoms with E-state index in [1.54, 1.807) is 0 Å². The normalized spacial score (nSPS) is 14.7. The van der Waals surface area contributed by atoms with Gasteiger partial charge in [0.1, 0.15) is 6.04 Å². The van der Waals surface area contributed by atoms with Gasteiger partial charge in [-0.05, 0) is 19.9 Å². The molecule has 34 heavy (non-hydrogen) atoms. The third-order valence-electron chi connectivity index (χ3n) is 3.81. The summed E-state index contributed by atoms with van der Waals surface area (Å²) in [6, 6.07) is 0.321. The van der Waals surface area contributed by atoms with Crippen LogP contribution >= 0.6 is 7.52 Å². The molecule has 0 bridgehead atoms. The molecule has 2 N–H and O–H groups in total. The molecule has 192 valence electrons. The van der Waals surface area contributed by atoms with E-state index in [-0.39, 0.29) is 6.61 Å². The van der Waals surface area contributed by atoms with E-state index in [0.29, 0.717) is 18.2 Å². The van der Waals surface area contributed by atoms with E-state index in [9.17, 15) is 51.2 Å². The summed E-state index contributed by atoms with van der Waals surface area (Å²) in [6.45, 7) is -0.309. The van der Waals surface area contributed by atoms with E-state index < -0.39 is 81.2 Å². The number of alkyl halides is 3. The largest absolute Gasteiger partial charge is 0.465 e. The van der Waals surface area contributed by atoms with Crippen LogP contribution in [-0.4, -0.2) is 62.4 Å². The van der Waals surface area contributed by atoms with Crippen LogP contribution in [0.1, 0.15) is 13.8 Å². The fourth-order valence-electron chi connectivity index (χ4n) is 2.35. The Hall–Kier alpha value is -2.66. The lowest BCUT2D eigenvalue weighted by Crippen LogP contribution is -2.37. The van der Waals surface area contributed by atoms with E-state index in [2.05, 4.69) is 14.3 Å². The van der Waals surface area contributed by atoms with Crippen LogP contribution in [0.4, 0.5) is 24.5 Å². The van der Waals surface area contributed by atoms with Crippen LogP contribution < -0.4 is 9.81 Å². The monoisotopic (exact) mass is 536 g/mol. The van der Waals surface area contributed by atoms with E-state index in [0.717, 1.165) is 6.92 Å². The number of benzene rings is 1. The molecule has 0 aliphatic carbocycles. The minimum atomic E-state index is -4.90. The zero-order valence-electron chi connectivity index (χ0n) is 17.6. The fourth-order valence-corrected chi connectivity index (χ4v) is 5.48. The Balaban J connectivity index is 3.08. The Morgan fingerprint density at radius 1 is 1.24 bits per heavy atom. The van der Waals surface area contributed by atoms with Crippen molar-refractivity contribution in [1.82, 2.24) is 9.81 Å². The summed E-state index contributed by atoms with van der Waals surface area (Å²) in [5.74, 6) is -0.958. The van der Waals surface area contributed by atoms with Crippen LogP contribution in [-0.2, 0) is 28.6 Å². The molecule has 0 amide bonds. The van der Waals surface area contributed by atoms with Crippen molar-refractivity contribution in [2.24, 2.45) is 0 Å². The van der Waals surface area contributed by atoms with E-state index in [4.69, 9.17) is 0 Å². The quantitative estimate of drug-likeness (QED) is 0.162. The second kappa shape index (κ2) is 11.7. The van der Waals surface area contributed by atoms with Crippen molar-refractivity contribution in [2.45, 2.75) is 31.0 Å². The minimum Gasteiger partial charge on any atom is -0.465 e. The number of ether oxygens (including phenoxy) is 1. The molecule has 0 aliphatic heterocycles. The zero-order valence-corrected chi connectivity index (χ0v) is 19.3. The maximum atomic E-state index is 12.8. The van der Waals surface area contributed by atoms with Crippen LogP contribution in [0, 0.1) is 20.2 Å². The molecule has 2 atom stereocenters. The third kappa shape index (κ3) is 8.94. The van der Waals surface area contributed by atoms with Gasteiger partial charge < -0.3 is 9.26 Å². The highest BCUT2D eigenvalue weighted by molar-refractivity contribution is 7.89. The molecule has 14 nitrogen and oxygen atoms in total. The van der Waals surface area contributed by atoms with Crippen molar-refractivity contribution in [1.29, 1.82) is 0 Å². The van der Waals surface area contributed by atoms with Crippen molar-refractivity contribution in [3.8, 4) is 0 Å². The molecule has 0 saturated heterocycles. The summed E-state index contributed by atoms with van der Waals surface area (Å²) in [6.07, 6.45) is -5.80. The van der Waals surface area contributed by atoms with Crippen LogP contribution in [0.15, 0.2) is 23.1 Å². The Morgan fingerprint density at radius 3 is 2.35 bits per heavy atom. The Kier molecular flexibility index (Phi) is 10.1. The first-order valence-corrected chi connectivity index (χ1v) is 12.5. The highest BCUT2D eigenvalue weighted by Crippen LogP contribution is 2.44. The Bertz CT molecular complexity index is 1080. The number of non-ortho nitro benzene ring substituents is 1. The molecule has 0 radical (unpaired) electrons. The topological polar surface area (TPSA) is 197 Å². The fraction of sp³-hybridized carbons (Fsp3) is 0.533. The van der Waals surface area contributed by atoms with Crippen LogP contribution in [0.2, 0.25) is 0 Å². The molecule has 19 heteroatoms. The van der Waals surface area contributed by atoms with Crippen molar-refractivity contribution in [3.05, 3.63) is 38.4 Å². The SMILES string of the molecule is CCOC(=O)[C@H](C)NP(=O)(CCNS(=O)(=O)c1ccc([N+](=O)[O-])cc1[N+](=O)[O-])OCC(F)(F)F. The maximum absolute atomic E-state index is 12.8. The number of halogens is 3. The molecule has 0 aliphatic rings. The summed E-state index contributed by atoms with van der Waals surface area (Å²) in [5.41, 5.74) is -1.89. The van der Waals surface area contributed by atoms with Gasteiger partial charge >= 0.3 is 12.1 Å². The Morgan fingerprint density at radius 2 is 1.85 bits per heavy atom.